The van der Waals surface area contributed by atoms with Crippen LogP contribution in [0.3, 0.4) is 0 Å². The number of rotatable bonds is 6. The summed E-state index contributed by atoms with van der Waals surface area (Å²) in [5.41, 5.74) is 1.52. The molecule has 0 saturated carbocycles. The number of nitro benzene ring substituents is 2. The van der Waals surface area contributed by atoms with E-state index in [1.165, 1.54) is 47.1 Å². The number of nitro groups is 2. The minimum atomic E-state index is -0.538. The van der Waals surface area contributed by atoms with Gasteiger partial charge >= 0.3 is 0 Å². The minimum Gasteiger partial charge on any atom is -0.368 e. The molecule has 4 aromatic rings. The third-order valence-electron chi connectivity index (χ3n) is 6.36. The van der Waals surface area contributed by atoms with Gasteiger partial charge in [0.2, 0.25) is 0 Å². The SMILES string of the molecule is O=C(c1cc(-c2ccccc2F)nn1-c1cccc([N+](=O)[O-])c1)N1CCN(c2ccc([N+](=O)[O-])cc2)CC1. The number of carbonyl (C=O) groups is 1. The molecule has 0 unspecified atom stereocenters. The van der Waals surface area contributed by atoms with Gasteiger partial charge in [-0.25, -0.2) is 9.07 Å². The number of hydrogen-bond donors (Lipinski definition) is 0. The second-order valence-electron chi connectivity index (χ2n) is 8.64. The first kappa shape index (κ1) is 24.6. The first-order valence-electron chi connectivity index (χ1n) is 11.7. The number of hydrogen-bond acceptors (Lipinski definition) is 7. The molecule has 0 aliphatic carbocycles. The van der Waals surface area contributed by atoms with Gasteiger partial charge in [-0.05, 0) is 36.4 Å². The van der Waals surface area contributed by atoms with Gasteiger partial charge in [0, 0.05) is 61.7 Å². The van der Waals surface area contributed by atoms with Gasteiger partial charge in [0.05, 0.1) is 21.2 Å². The molecular weight excluding hydrogens is 495 g/mol. The summed E-state index contributed by atoms with van der Waals surface area (Å²) in [6.45, 7) is 1.72. The van der Waals surface area contributed by atoms with Crippen LogP contribution in [0.5, 0.6) is 0 Å². The Balaban J connectivity index is 1.43. The van der Waals surface area contributed by atoms with E-state index in [1.54, 1.807) is 41.3 Å². The molecule has 2 heterocycles. The van der Waals surface area contributed by atoms with E-state index in [1.807, 2.05) is 4.90 Å². The minimum absolute atomic E-state index is 0.00244. The van der Waals surface area contributed by atoms with Gasteiger partial charge in [0.15, 0.2) is 0 Å². The van der Waals surface area contributed by atoms with Crippen molar-refractivity contribution in [3.8, 4) is 16.9 Å². The van der Waals surface area contributed by atoms with Crippen LogP contribution in [0.2, 0.25) is 0 Å². The lowest BCUT2D eigenvalue weighted by Gasteiger charge is -2.36. The van der Waals surface area contributed by atoms with E-state index in [-0.39, 0.29) is 34.2 Å². The number of carbonyl (C=O) groups excluding carboxylic acids is 1. The van der Waals surface area contributed by atoms with Crippen LogP contribution in [0.25, 0.3) is 16.9 Å². The average molecular weight is 516 g/mol. The predicted molar refractivity (Wildman–Crippen MR) is 137 cm³/mol. The van der Waals surface area contributed by atoms with Crippen molar-refractivity contribution >= 4 is 23.0 Å². The summed E-state index contributed by atoms with van der Waals surface area (Å²) >= 11 is 0. The molecule has 12 heteroatoms. The molecule has 1 aromatic heterocycles. The van der Waals surface area contributed by atoms with E-state index in [0.717, 1.165) is 5.69 Å². The Morgan fingerprint density at radius 3 is 2.13 bits per heavy atom. The van der Waals surface area contributed by atoms with Crippen molar-refractivity contribution in [2.24, 2.45) is 0 Å². The van der Waals surface area contributed by atoms with E-state index < -0.39 is 15.7 Å². The van der Waals surface area contributed by atoms with Crippen LogP contribution in [0, 0.1) is 26.0 Å². The number of piperazine rings is 1. The van der Waals surface area contributed by atoms with Crippen molar-refractivity contribution in [3.05, 3.63) is 111 Å². The molecule has 1 saturated heterocycles. The second-order valence-corrected chi connectivity index (χ2v) is 8.64. The van der Waals surface area contributed by atoms with Crippen molar-refractivity contribution in [2.45, 2.75) is 0 Å². The Bertz CT molecular complexity index is 1530. The number of non-ortho nitro benzene ring substituents is 2. The summed E-state index contributed by atoms with van der Waals surface area (Å²) in [5.74, 6) is -0.859. The standard InChI is InChI=1S/C26H21FN6O5/c27-23-7-2-1-6-22(23)24-17-25(31(28-24)20-4-3-5-21(16-20)33(37)38)26(34)30-14-12-29(13-15-30)18-8-10-19(11-9-18)32(35)36/h1-11,16-17H,12-15H2. The highest BCUT2D eigenvalue weighted by atomic mass is 19.1. The Labute approximate surface area is 215 Å². The van der Waals surface area contributed by atoms with Crippen LogP contribution in [0.15, 0.2) is 78.9 Å². The lowest BCUT2D eigenvalue weighted by Crippen LogP contribution is -2.49. The number of anilines is 1. The van der Waals surface area contributed by atoms with Crippen LogP contribution in [-0.2, 0) is 0 Å². The fraction of sp³-hybridized carbons (Fsp3) is 0.154. The molecule has 1 amide bonds. The molecule has 1 fully saturated rings. The molecular formula is C26H21FN6O5. The molecule has 0 atom stereocenters. The number of nitrogens with zero attached hydrogens (tertiary/aromatic N) is 6. The maximum atomic E-state index is 14.5. The number of amides is 1. The van der Waals surface area contributed by atoms with E-state index in [0.29, 0.717) is 31.9 Å². The van der Waals surface area contributed by atoms with Gasteiger partial charge in [-0.3, -0.25) is 25.0 Å². The molecule has 0 radical (unpaired) electrons. The van der Waals surface area contributed by atoms with Crippen molar-refractivity contribution in [1.82, 2.24) is 14.7 Å². The quantitative estimate of drug-likeness (QED) is 0.273. The van der Waals surface area contributed by atoms with E-state index in [2.05, 4.69) is 5.10 Å². The van der Waals surface area contributed by atoms with E-state index >= 15 is 0 Å². The zero-order chi connectivity index (χ0) is 26.8. The molecule has 1 aliphatic rings. The maximum Gasteiger partial charge on any atom is 0.272 e. The largest absolute Gasteiger partial charge is 0.368 e. The molecule has 0 spiro atoms. The molecule has 3 aromatic carbocycles. The van der Waals surface area contributed by atoms with Gasteiger partial charge in [-0.15, -0.1) is 0 Å². The van der Waals surface area contributed by atoms with Gasteiger partial charge in [-0.2, -0.15) is 5.10 Å². The van der Waals surface area contributed by atoms with Crippen LogP contribution >= 0.6 is 0 Å². The third-order valence-corrected chi connectivity index (χ3v) is 6.36. The number of benzene rings is 3. The normalized spacial score (nSPS) is 13.4. The molecule has 11 nitrogen and oxygen atoms in total. The van der Waals surface area contributed by atoms with Crippen molar-refractivity contribution in [1.29, 1.82) is 0 Å². The number of aromatic nitrogens is 2. The molecule has 1 aliphatic heterocycles. The second kappa shape index (κ2) is 10.1. The van der Waals surface area contributed by atoms with Crippen LogP contribution in [0.4, 0.5) is 21.5 Å². The van der Waals surface area contributed by atoms with E-state index in [9.17, 15) is 29.4 Å². The lowest BCUT2D eigenvalue weighted by molar-refractivity contribution is -0.385. The van der Waals surface area contributed by atoms with Crippen LogP contribution in [-0.4, -0.2) is 56.6 Å². The number of halogens is 1. The highest BCUT2D eigenvalue weighted by Gasteiger charge is 2.27. The molecule has 5 rings (SSSR count). The summed E-state index contributed by atoms with van der Waals surface area (Å²) in [5, 5.41) is 26.7. The highest BCUT2D eigenvalue weighted by molar-refractivity contribution is 5.94. The molecule has 38 heavy (non-hydrogen) atoms. The monoisotopic (exact) mass is 516 g/mol. The van der Waals surface area contributed by atoms with Crippen molar-refractivity contribution < 1.29 is 19.0 Å². The summed E-state index contributed by atoms with van der Waals surface area (Å²) in [6.07, 6.45) is 0. The molecule has 192 valence electrons. The Hall–Kier alpha value is -5.13. The van der Waals surface area contributed by atoms with Crippen molar-refractivity contribution in [3.63, 3.8) is 0 Å². The maximum absolute atomic E-state index is 14.5. The summed E-state index contributed by atoms with van der Waals surface area (Å²) in [6, 6.07) is 19.5. The molecule has 0 bridgehead atoms. The molecule has 0 N–H and O–H groups in total. The summed E-state index contributed by atoms with van der Waals surface area (Å²) in [4.78, 5) is 38.6. The van der Waals surface area contributed by atoms with Crippen LogP contribution < -0.4 is 4.90 Å². The first-order chi connectivity index (χ1) is 18.3. The Kier molecular flexibility index (Phi) is 6.52. The summed E-state index contributed by atoms with van der Waals surface area (Å²) < 4.78 is 15.8. The van der Waals surface area contributed by atoms with Gasteiger partial charge in [0.25, 0.3) is 17.3 Å². The topological polar surface area (TPSA) is 128 Å². The average Bonchev–Trinajstić information content (AvgIpc) is 3.38. The fourth-order valence-electron chi connectivity index (χ4n) is 4.38. The Morgan fingerprint density at radius 2 is 1.47 bits per heavy atom. The zero-order valence-electron chi connectivity index (χ0n) is 19.9. The highest BCUT2D eigenvalue weighted by Crippen LogP contribution is 2.27. The van der Waals surface area contributed by atoms with E-state index in [4.69, 9.17) is 0 Å². The van der Waals surface area contributed by atoms with Gasteiger partial charge in [-0.1, -0.05) is 18.2 Å². The van der Waals surface area contributed by atoms with Gasteiger partial charge < -0.3 is 9.80 Å². The lowest BCUT2D eigenvalue weighted by atomic mass is 10.1. The fourth-order valence-corrected chi connectivity index (χ4v) is 4.38. The van der Waals surface area contributed by atoms with Crippen molar-refractivity contribution in [2.75, 3.05) is 31.1 Å². The predicted octanol–water partition coefficient (Wildman–Crippen LogP) is 4.46. The zero-order valence-corrected chi connectivity index (χ0v) is 19.9. The first-order valence-corrected chi connectivity index (χ1v) is 11.7. The smallest absolute Gasteiger partial charge is 0.272 e. The van der Waals surface area contributed by atoms with Gasteiger partial charge in [0.1, 0.15) is 11.5 Å². The Morgan fingerprint density at radius 1 is 0.789 bits per heavy atom. The third kappa shape index (κ3) is 4.78. The van der Waals surface area contributed by atoms with Crippen LogP contribution in [0.1, 0.15) is 10.5 Å². The summed E-state index contributed by atoms with van der Waals surface area (Å²) in [7, 11) is 0.